The summed E-state index contributed by atoms with van der Waals surface area (Å²) in [6, 6.07) is 13.6. The van der Waals surface area contributed by atoms with E-state index in [2.05, 4.69) is 30.0 Å². The molecule has 1 aliphatic heterocycles. The summed E-state index contributed by atoms with van der Waals surface area (Å²) in [6.45, 7) is 7.64. The summed E-state index contributed by atoms with van der Waals surface area (Å²) in [4.78, 5) is 21.5. The number of piperazine rings is 1. The van der Waals surface area contributed by atoms with Gasteiger partial charge in [0.15, 0.2) is 11.7 Å². The maximum atomic E-state index is 12.5. The molecule has 0 saturated carbocycles. The van der Waals surface area contributed by atoms with E-state index >= 15 is 0 Å². The van der Waals surface area contributed by atoms with Gasteiger partial charge in [-0.25, -0.2) is 4.98 Å². The van der Waals surface area contributed by atoms with Crippen LogP contribution in [-0.2, 0) is 4.79 Å². The number of carbonyl (C=O) groups is 1. The molecule has 1 aromatic heterocycles. The molecular weight excluding hydrogens is 386 g/mol. The highest BCUT2D eigenvalue weighted by molar-refractivity contribution is 7.22. The minimum atomic E-state index is 0.0127. The fourth-order valence-electron chi connectivity index (χ4n) is 3.39. The molecule has 1 saturated heterocycles. The van der Waals surface area contributed by atoms with Crippen LogP contribution < -0.4 is 14.4 Å². The summed E-state index contributed by atoms with van der Waals surface area (Å²) in [5, 5.41) is 1.03. The molecule has 29 heavy (non-hydrogen) atoms. The number of nitrogens with zero attached hydrogens (tertiary/aromatic N) is 3. The first-order valence-electron chi connectivity index (χ1n) is 9.88. The summed E-state index contributed by atoms with van der Waals surface area (Å²) < 4.78 is 12.3. The molecule has 152 valence electrons. The summed E-state index contributed by atoms with van der Waals surface area (Å²) >= 11 is 1.72. The van der Waals surface area contributed by atoms with E-state index in [1.165, 1.54) is 10.3 Å². The summed E-state index contributed by atoms with van der Waals surface area (Å²) in [7, 11) is 0. The molecule has 2 heterocycles. The number of benzene rings is 2. The molecule has 0 radical (unpaired) electrons. The average molecular weight is 412 g/mol. The number of fused-ring (bicyclic) bond motifs is 1. The van der Waals surface area contributed by atoms with Crippen molar-refractivity contribution in [2.24, 2.45) is 0 Å². The normalized spacial score (nSPS) is 14.3. The molecule has 0 bridgehead atoms. The lowest BCUT2D eigenvalue weighted by Gasteiger charge is -2.34. The molecule has 0 unspecified atom stereocenters. The zero-order valence-electron chi connectivity index (χ0n) is 16.8. The lowest BCUT2D eigenvalue weighted by molar-refractivity contribution is -0.133. The van der Waals surface area contributed by atoms with Gasteiger partial charge in [0.25, 0.3) is 5.91 Å². The Kier molecular flexibility index (Phi) is 5.85. The maximum Gasteiger partial charge on any atom is 0.260 e. The van der Waals surface area contributed by atoms with Crippen LogP contribution in [0, 0.1) is 6.92 Å². The molecule has 7 heteroatoms. The Balaban J connectivity index is 1.29. The number of aryl methyl sites for hydroxylation is 1. The Morgan fingerprint density at radius 2 is 1.72 bits per heavy atom. The van der Waals surface area contributed by atoms with Crippen LogP contribution in [0.15, 0.2) is 42.5 Å². The molecular formula is C22H25N3O3S. The quantitative estimate of drug-likeness (QED) is 0.619. The molecule has 0 N–H and O–H groups in total. The van der Waals surface area contributed by atoms with Gasteiger partial charge in [0, 0.05) is 26.2 Å². The topological polar surface area (TPSA) is 54.9 Å². The molecule has 0 aliphatic carbocycles. The highest BCUT2D eigenvalue weighted by atomic mass is 32.1. The summed E-state index contributed by atoms with van der Waals surface area (Å²) in [6.07, 6.45) is 0. The number of anilines is 1. The second kappa shape index (κ2) is 8.69. The van der Waals surface area contributed by atoms with Gasteiger partial charge in [0.1, 0.15) is 11.5 Å². The molecule has 0 spiro atoms. The number of amides is 1. The monoisotopic (exact) mass is 411 g/mol. The minimum absolute atomic E-state index is 0.0127. The number of ether oxygens (including phenoxy) is 2. The van der Waals surface area contributed by atoms with E-state index in [0.29, 0.717) is 25.4 Å². The van der Waals surface area contributed by atoms with Crippen molar-refractivity contribution >= 4 is 32.6 Å². The first-order valence-corrected chi connectivity index (χ1v) is 10.7. The van der Waals surface area contributed by atoms with E-state index in [1.807, 2.05) is 36.1 Å². The Morgan fingerprint density at radius 1 is 1.03 bits per heavy atom. The van der Waals surface area contributed by atoms with E-state index < -0.39 is 0 Å². The molecule has 6 nitrogen and oxygen atoms in total. The summed E-state index contributed by atoms with van der Waals surface area (Å²) in [5.74, 6) is 1.48. The average Bonchev–Trinajstić information content (AvgIpc) is 3.19. The fourth-order valence-corrected chi connectivity index (χ4v) is 4.49. The Hall–Kier alpha value is -2.80. The zero-order chi connectivity index (χ0) is 20.2. The highest BCUT2D eigenvalue weighted by Crippen LogP contribution is 2.31. The van der Waals surface area contributed by atoms with Crippen LogP contribution >= 0.6 is 11.3 Å². The van der Waals surface area contributed by atoms with Gasteiger partial charge in [-0.15, -0.1) is 0 Å². The predicted molar refractivity (Wildman–Crippen MR) is 116 cm³/mol. The third-order valence-electron chi connectivity index (χ3n) is 5.01. The SMILES string of the molecule is CCOc1ccc(OCC(=O)N2CCN(c3nc4c(C)cccc4s3)CC2)cc1. The number of aromatic nitrogens is 1. The largest absolute Gasteiger partial charge is 0.494 e. The van der Waals surface area contributed by atoms with E-state index in [9.17, 15) is 4.79 Å². The molecule has 1 aliphatic rings. The highest BCUT2D eigenvalue weighted by Gasteiger charge is 2.23. The van der Waals surface area contributed by atoms with Crippen molar-refractivity contribution < 1.29 is 14.3 Å². The van der Waals surface area contributed by atoms with Gasteiger partial charge < -0.3 is 19.3 Å². The zero-order valence-corrected chi connectivity index (χ0v) is 17.6. The summed E-state index contributed by atoms with van der Waals surface area (Å²) in [5.41, 5.74) is 2.28. The van der Waals surface area contributed by atoms with Crippen LogP contribution in [0.1, 0.15) is 12.5 Å². The van der Waals surface area contributed by atoms with Gasteiger partial charge in [0.2, 0.25) is 0 Å². The number of hydrogen-bond acceptors (Lipinski definition) is 6. The molecule has 4 rings (SSSR count). The van der Waals surface area contributed by atoms with Crippen molar-refractivity contribution in [2.75, 3.05) is 44.3 Å². The van der Waals surface area contributed by atoms with Crippen molar-refractivity contribution in [3.63, 3.8) is 0 Å². The van der Waals surface area contributed by atoms with Crippen molar-refractivity contribution in [1.82, 2.24) is 9.88 Å². The van der Waals surface area contributed by atoms with Gasteiger partial charge in [-0.3, -0.25) is 4.79 Å². The van der Waals surface area contributed by atoms with E-state index in [4.69, 9.17) is 14.5 Å². The van der Waals surface area contributed by atoms with Gasteiger partial charge >= 0.3 is 0 Å². The maximum absolute atomic E-state index is 12.5. The Labute approximate surface area is 174 Å². The first kappa shape index (κ1) is 19.5. The van der Waals surface area contributed by atoms with Gasteiger partial charge in [-0.05, 0) is 49.7 Å². The van der Waals surface area contributed by atoms with E-state index in [0.717, 1.165) is 29.5 Å². The molecule has 1 amide bonds. The lowest BCUT2D eigenvalue weighted by Crippen LogP contribution is -2.50. The standard InChI is InChI=1S/C22H25N3O3S/c1-3-27-17-7-9-18(10-8-17)28-15-20(26)24-11-13-25(14-12-24)22-23-21-16(2)5-4-6-19(21)29-22/h4-10H,3,11-15H2,1-2H3. The number of carbonyl (C=O) groups excluding carboxylic acids is 1. The smallest absolute Gasteiger partial charge is 0.260 e. The molecule has 3 aromatic rings. The van der Waals surface area contributed by atoms with Crippen LogP contribution in [0.4, 0.5) is 5.13 Å². The fraction of sp³-hybridized carbons (Fsp3) is 0.364. The van der Waals surface area contributed by atoms with E-state index in [1.54, 1.807) is 11.3 Å². The van der Waals surface area contributed by atoms with Crippen LogP contribution in [0.5, 0.6) is 11.5 Å². The molecule has 0 atom stereocenters. The van der Waals surface area contributed by atoms with Gasteiger partial charge in [-0.1, -0.05) is 23.5 Å². The third kappa shape index (κ3) is 4.45. The van der Waals surface area contributed by atoms with Crippen molar-refractivity contribution in [3.05, 3.63) is 48.0 Å². The molecule has 1 fully saturated rings. The number of thiazole rings is 1. The third-order valence-corrected chi connectivity index (χ3v) is 6.09. The number of rotatable bonds is 6. The Bertz CT molecular complexity index is 979. The number of hydrogen-bond donors (Lipinski definition) is 0. The van der Waals surface area contributed by atoms with E-state index in [-0.39, 0.29) is 12.5 Å². The number of para-hydroxylation sites is 1. The Morgan fingerprint density at radius 3 is 2.38 bits per heavy atom. The van der Waals surface area contributed by atoms with Crippen molar-refractivity contribution in [3.8, 4) is 11.5 Å². The van der Waals surface area contributed by atoms with Crippen molar-refractivity contribution in [2.45, 2.75) is 13.8 Å². The second-order valence-corrected chi connectivity index (χ2v) is 7.99. The van der Waals surface area contributed by atoms with Crippen LogP contribution in [0.25, 0.3) is 10.2 Å². The minimum Gasteiger partial charge on any atom is -0.494 e. The predicted octanol–water partition coefficient (Wildman–Crippen LogP) is 3.73. The second-order valence-electron chi connectivity index (χ2n) is 6.98. The van der Waals surface area contributed by atoms with Crippen LogP contribution in [0.3, 0.4) is 0 Å². The molecule has 2 aromatic carbocycles. The van der Waals surface area contributed by atoms with Crippen LogP contribution in [0.2, 0.25) is 0 Å². The van der Waals surface area contributed by atoms with Gasteiger partial charge in [0.05, 0.1) is 16.8 Å². The first-order chi connectivity index (χ1) is 14.1. The lowest BCUT2D eigenvalue weighted by atomic mass is 10.2. The van der Waals surface area contributed by atoms with Crippen LogP contribution in [-0.4, -0.2) is 55.2 Å². The van der Waals surface area contributed by atoms with Gasteiger partial charge in [-0.2, -0.15) is 0 Å². The van der Waals surface area contributed by atoms with Crippen molar-refractivity contribution in [1.29, 1.82) is 0 Å².